The number of hydrogen-bond donors (Lipinski definition) is 3. The molecule has 9 nitrogen and oxygen atoms in total. The molecule has 0 spiro atoms. The van der Waals surface area contributed by atoms with Gasteiger partial charge in [-0.25, -0.2) is 15.0 Å². The number of nitrogens with one attached hydrogen (secondary N) is 3. The molecular weight excluding hydrogens is 358 g/mol. The molecule has 0 aliphatic rings. The van der Waals surface area contributed by atoms with Crippen molar-refractivity contribution < 1.29 is 9.47 Å². The van der Waals surface area contributed by atoms with Gasteiger partial charge in [0.15, 0.2) is 5.82 Å². The van der Waals surface area contributed by atoms with Gasteiger partial charge >= 0.3 is 0 Å². The van der Waals surface area contributed by atoms with Crippen molar-refractivity contribution in [1.82, 2.24) is 15.0 Å². The fraction of sp³-hybridized carbons (Fsp3) is 0.105. The van der Waals surface area contributed by atoms with Crippen molar-refractivity contribution in [2.75, 3.05) is 25.0 Å². The summed E-state index contributed by atoms with van der Waals surface area (Å²) in [5.41, 5.74) is 4.89. The van der Waals surface area contributed by atoms with Crippen molar-refractivity contribution >= 4 is 29.8 Å². The van der Waals surface area contributed by atoms with E-state index in [2.05, 4.69) is 30.8 Å². The molecule has 28 heavy (non-hydrogen) atoms. The molecule has 0 radical (unpaired) electrons. The molecule has 0 saturated carbocycles. The number of methoxy groups -OCH3 is 2. The minimum absolute atomic E-state index is 0.396. The minimum Gasteiger partial charge on any atom is -0.497 e. The zero-order valence-corrected chi connectivity index (χ0v) is 15.4. The van der Waals surface area contributed by atoms with E-state index in [4.69, 9.17) is 14.9 Å². The first-order chi connectivity index (χ1) is 13.7. The summed E-state index contributed by atoms with van der Waals surface area (Å²) in [4.78, 5) is 12.4. The van der Waals surface area contributed by atoms with Crippen LogP contribution in [0, 0.1) is 5.41 Å². The van der Waals surface area contributed by atoms with E-state index in [-0.39, 0.29) is 0 Å². The van der Waals surface area contributed by atoms with Crippen molar-refractivity contribution in [2.45, 2.75) is 0 Å². The predicted molar refractivity (Wildman–Crippen MR) is 108 cm³/mol. The van der Waals surface area contributed by atoms with Crippen molar-refractivity contribution in [3.05, 3.63) is 60.0 Å². The number of nitrogens with zero attached hydrogens (tertiary/aromatic N) is 4. The third kappa shape index (κ3) is 4.58. The Kier molecular flexibility index (Phi) is 6.09. The first-order valence-electron chi connectivity index (χ1n) is 8.29. The van der Waals surface area contributed by atoms with Gasteiger partial charge in [0.1, 0.15) is 17.9 Å². The molecule has 142 valence electrons. The summed E-state index contributed by atoms with van der Waals surface area (Å²) in [6.45, 7) is 0. The van der Waals surface area contributed by atoms with Crippen molar-refractivity contribution in [1.29, 1.82) is 5.41 Å². The van der Waals surface area contributed by atoms with E-state index in [1.165, 1.54) is 6.33 Å². The maximum Gasteiger partial charge on any atom is 0.213 e. The number of ether oxygens (including phenoxy) is 2. The van der Waals surface area contributed by atoms with Gasteiger partial charge in [0.05, 0.1) is 26.0 Å². The van der Waals surface area contributed by atoms with Crippen LogP contribution in [0.3, 0.4) is 0 Å². The SMILES string of the molecule is COc1cccc(Nc2ncnc(N/N=C/c3ccnc(OC)c3)c2C=N)c1. The highest BCUT2D eigenvalue weighted by molar-refractivity contribution is 5.92. The number of anilines is 3. The van der Waals surface area contributed by atoms with Crippen LogP contribution in [0.15, 0.2) is 54.0 Å². The molecule has 0 aliphatic carbocycles. The molecule has 3 N–H and O–H groups in total. The second-order valence-corrected chi connectivity index (χ2v) is 5.49. The fourth-order valence-electron chi connectivity index (χ4n) is 2.34. The van der Waals surface area contributed by atoms with Gasteiger partial charge < -0.3 is 20.2 Å². The first kappa shape index (κ1) is 18.8. The van der Waals surface area contributed by atoms with Gasteiger partial charge in [-0.2, -0.15) is 5.10 Å². The molecule has 2 heterocycles. The highest BCUT2D eigenvalue weighted by Gasteiger charge is 2.09. The van der Waals surface area contributed by atoms with Gasteiger partial charge in [0, 0.05) is 35.8 Å². The third-order valence-corrected chi connectivity index (χ3v) is 3.71. The van der Waals surface area contributed by atoms with Gasteiger partial charge in [-0.1, -0.05) is 6.07 Å². The van der Waals surface area contributed by atoms with E-state index in [0.29, 0.717) is 28.8 Å². The lowest BCUT2D eigenvalue weighted by Gasteiger charge is -2.11. The van der Waals surface area contributed by atoms with Crippen LogP contribution in [0.4, 0.5) is 17.3 Å². The van der Waals surface area contributed by atoms with E-state index in [1.54, 1.807) is 38.8 Å². The summed E-state index contributed by atoms with van der Waals surface area (Å²) >= 11 is 0. The monoisotopic (exact) mass is 377 g/mol. The molecule has 0 amide bonds. The topological polar surface area (TPSA) is 117 Å². The smallest absolute Gasteiger partial charge is 0.213 e. The van der Waals surface area contributed by atoms with Gasteiger partial charge in [-0.15, -0.1) is 0 Å². The number of pyridine rings is 1. The highest BCUT2D eigenvalue weighted by atomic mass is 16.5. The van der Waals surface area contributed by atoms with Gasteiger partial charge in [-0.3, -0.25) is 5.43 Å². The van der Waals surface area contributed by atoms with Crippen LogP contribution in [0.5, 0.6) is 11.6 Å². The summed E-state index contributed by atoms with van der Waals surface area (Å²) in [7, 11) is 3.15. The summed E-state index contributed by atoms with van der Waals surface area (Å²) in [5.74, 6) is 2.08. The lowest BCUT2D eigenvalue weighted by atomic mass is 10.2. The van der Waals surface area contributed by atoms with E-state index >= 15 is 0 Å². The summed E-state index contributed by atoms with van der Waals surface area (Å²) < 4.78 is 10.3. The van der Waals surface area contributed by atoms with Crippen LogP contribution in [0.2, 0.25) is 0 Å². The van der Waals surface area contributed by atoms with Gasteiger partial charge in [-0.05, 0) is 18.2 Å². The Labute approximate surface area is 162 Å². The number of hydrogen-bond acceptors (Lipinski definition) is 9. The molecule has 0 aliphatic heterocycles. The molecule has 3 rings (SSSR count). The van der Waals surface area contributed by atoms with Crippen LogP contribution < -0.4 is 20.2 Å². The molecule has 0 fully saturated rings. The van der Waals surface area contributed by atoms with Crippen molar-refractivity contribution in [2.24, 2.45) is 5.10 Å². The van der Waals surface area contributed by atoms with E-state index in [9.17, 15) is 0 Å². The maximum absolute atomic E-state index is 7.74. The molecule has 0 bridgehead atoms. The largest absolute Gasteiger partial charge is 0.497 e. The van der Waals surface area contributed by atoms with E-state index in [1.807, 2.05) is 24.3 Å². The predicted octanol–water partition coefficient (Wildman–Crippen LogP) is 3.08. The standard InChI is InChI=1S/C19H19N7O2/c1-27-15-5-3-4-14(9-15)25-18-16(10-20)19(23-12-22-18)26-24-11-13-6-7-21-17(8-13)28-2/h3-12,20H,1-2H3,(H2,22,23,25,26)/b20-10?,24-11+. The zero-order valence-electron chi connectivity index (χ0n) is 15.4. The van der Waals surface area contributed by atoms with Crippen molar-refractivity contribution in [3.8, 4) is 11.6 Å². The Morgan fingerprint density at radius 3 is 2.68 bits per heavy atom. The van der Waals surface area contributed by atoms with Gasteiger partial charge in [0.2, 0.25) is 5.88 Å². The third-order valence-electron chi connectivity index (χ3n) is 3.71. The molecule has 0 atom stereocenters. The summed E-state index contributed by atoms with van der Waals surface area (Å²) in [6.07, 6.45) is 5.79. The Balaban J connectivity index is 1.79. The molecule has 2 aromatic heterocycles. The number of benzene rings is 1. The maximum atomic E-state index is 7.74. The fourth-order valence-corrected chi connectivity index (χ4v) is 2.34. The number of aromatic nitrogens is 3. The van der Waals surface area contributed by atoms with Crippen LogP contribution in [-0.4, -0.2) is 41.6 Å². The Morgan fingerprint density at radius 1 is 1.04 bits per heavy atom. The lowest BCUT2D eigenvalue weighted by molar-refractivity contribution is 0.398. The number of rotatable bonds is 8. The van der Waals surface area contributed by atoms with Crippen LogP contribution in [0.25, 0.3) is 0 Å². The summed E-state index contributed by atoms with van der Waals surface area (Å²) in [5, 5.41) is 15.1. The molecular formula is C19H19N7O2. The molecule has 1 aromatic carbocycles. The second kappa shape index (κ2) is 9.08. The number of hydrazone groups is 1. The van der Waals surface area contributed by atoms with Gasteiger partial charge in [0.25, 0.3) is 0 Å². The quantitative estimate of drug-likeness (QED) is 0.408. The van der Waals surface area contributed by atoms with Crippen LogP contribution in [0.1, 0.15) is 11.1 Å². The second-order valence-electron chi connectivity index (χ2n) is 5.49. The van der Waals surface area contributed by atoms with Crippen molar-refractivity contribution in [3.63, 3.8) is 0 Å². The normalized spacial score (nSPS) is 10.5. The molecule has 9 heteroatoms. The minimum atomic E-state index is 0.396. The molecule has 0 unspecified atom stereocenters. The average Bonchev–Trinajstić information content (AvgIpc) is 2.74. The molecule has 0 saturated heterocycles. The Morgan fingerprint density at radius 2 is 1.89 bits per heavy atom. The lowest BCUT2D eigenvalue weighted by Crippen LogP contribution is -2.05. The van der Waals surface area contributed by atoms with Crippen LogP contribution in [-0.2, 0) is 0 Å². The average molecular weight is 377 g/mol. The highest BCUT2D eigenvalue weighted by Crippen LogP contribution is 2.24. The van der Waals surface area contributed by atoms with E-state index < -0.39 is 0 Å². The van der Waals surface area contributed by atoms with Crippen LogP contribution >= 0.6 is 0 Å². The first-order valence-corrected chi connectivity index (χ1v) is 8.29. The molecule has 3 aromatic rings. The Bertz CT molecular complexity index is 992. The summed E-state index contributed by atoms with van der Waals surface area (Å²) in [6, 6.07) is 11.0. The van der Waals surface area contributed by atoms with E-state index in [0.717, 1.165) is 17.5 Å². The Hall–Kier alpha value is -4.01. The zero-order chi connectivity index (χ0) is 19.8.